The van der Waals surface area contributed by atoms with Crippen molar-refractivity contribution in [1.82, 2.24) is 0 Å². The third-order valence-corrected chi connectivity index (χ3v) is 9.64. The first-order valence-corrected chi connectivity index (χ1v) is 20.1. The SMILES string of the molecule is CCCOCCCOCCC(c1cc(C#N)c(OCc2ccccc2)cc1OCc1ccccc1)c1cc(C#N)c(OCc2ccccc2)cc1OCc1ccccc1. The molecule has 0 fully saturated rings. The molecule has 0 atom stereocenters. The van der Waals surface area contributed by atoms with Crippen molar-refractivity contribution in [2.24, 2.45) is 0 Å². The number of hydrogen-bond donors (Lipinski definition) is 0. The van der Waals surface area contributed by atoms with E-state index in [1.54, 1.807) is 0 Å². The quantitative estimate of drug-likeness (QED) is 0.0592. The van der Waals surface area contributed by atoms with Crippen molar-refractivity contribution in [2.75, 3.05) is 26.4 Å². The van der Waals surface area contributed by atoms with Crippen LogP contribution in [0.4, 0.5) is 0 Å². The van der Waals surface area contributed by atoms with Gasteiger partial charge in [0.25, 0.3) is 0 Å². The van der Waals surface area contributed by atoms with Crippen LogP contribution in [-0.4, -0.2) is 26.4 Å². The Balaban J connectivity index is 1.43. The molecule has 6 aromatic rings. The van der Waals surface area contributed by atoms with Crippen LogP contribution in [0.5, 0.6) is 23.0 Å². The molecule has 0 spiro atoms. The second-order valence-electron chi connectivity index (χ2n) is 14.0. The van der Waals surface area contributed by atoms with Gasteiger partial charge in [-0.15, -0.1) is 0 Å². The first kappa shape index (κ1) is 42.0. The molecule has 0 radical (unpaired) electrons. The molecule has 0 saturated carbocycles. The summed E-state index contributed by atoms with van der Waals surface area (Å²) in [5.74, 6) is 1.48. The molecule has 0 aliphatic carbocycles. The summed E-state index contributed by atoms with van der Waals surface area (Å²) in [5.41, 5.74) is 6.12. The molecule has 0 aromatic heterocycles. The highest BCUT2D eigenvalue weighted by atomic mass is 16.5. The minimum absolute atomic E-state index is 0.277. The fourth-order valence-corrected chi connectivity index (χ4v) is 6.60. The van der Waals surface area contributed by atoms with Gasteiger partial charge in [0.2, 0.25) is 0 Å². The second-order valence-corrected chi connectivity index (χ2v) is 14.0. The van der Waals surface area contributed by atoms with Gasteiger partial charge in [-0.1, -0.05) is 128 Å². The van der Waals surface area contributed by atoms with Crippen molar-refractivity contribution < 1.29 is 28.4 Å². The Hall–Kier alpha value is -6.58. The Bertz CT molecular complexity index is 2100. The minimum Gasteiger partial charge on any atom is -0.488 e. The van der Waals surface area contributed by atoms with E-state index in [1.165, 1.54) is 0 Å². The Labute approximate surface area is 348 Å². The smallest absolute Gasteiger partial charge is 0.141 e. The molecule has 8 heteroatoms. The number of rotatable bonds is 23. The van der Waals surface area contributed by atoms with E-state index in [2.05, 4.69) is 19.1 Å². The van der Waals surface area contributed by atoms with Gasteiger partial charge < -0.3 is 28.4 Å². The maximum Gasteiger partial charge on any atom is 0.141 e. The van der Waals surface area contributed by atoms with E-state index in [4.69, 9.17) is 28.4 Å². The Morgan fingerprint density at radius 1 is 0.441 bits per heavy atom. The number of hydrogen-bond acceptors (Lipinski definition) is 8. The fraction of sp³-hybridized carbons (Fsp3) is 0.255. The van der Waals surface area contributed by atoms with Crippen LogP contribution in [-0.2, 0) is 35.9 Å². The van der Waals surface area contributed by atoms with Gasteiger partial charge in [0.05, 0.1) is 11.1 Å². The first-order valence-electron chi connectivity index (χ1n) is 20.1. The third-order valence-electron chi connectivity index (χ3n) is 9.64. The Morgan fingerprint density at radius 2 is 0.797 bits per heavy atom. The molecule has 0 N–H and O–H groups in total. The summed E-state index contributed by atoms with van der Waals surface area (Å²) >= 11 is 0. The van der Waals surface area contributed by atoms with Gasteiger partial charge in [-0.3, -0.25) is 0 Å². The van der Waals surface area contributed by atoms with Crippen LogP contribution in [0.2, 0.25) is 0 Å². The lowest BCUT2D eigenvalue weighted by Crippen LogP contribution is -2.13. The zero-order chi connectivity index (χ0) is 40.9. The van der Waals surface area contributed by atoms with Gasteiger partial charge in [0, 0.05) is 55.6 Å². The van der Waals surface area contributed by atoms with Crippen molar-refractivity contribution in [3.8, 4) is 35.1 Å². The highest BCUT2D eigenvalue weighted by molar-refractivity contribution is 5.59. The van der Waals surface area contributed by atoms with Gasteiger partial charge in [0.15, 0.2) is 0 Å². The second kappa shape index (κ2) is 23.0. The molecule has 6 rings (SSSR count). The summed E-state index contributed by atoms with van der Waals surface area (Å²) in [7, 11) is 0. The van der Waals surface area contributed by atoms with E-state index in [0.29, 0.717) is 60.4 Å². The predicted molar refractivity (Wildman–Crippen MR) is 228 cm³/mol. The third kappa shape index (κ3) is 12.7. The fourth-order valence-electron chi connectivity index (χ4n) is 6.60. The molecule has 0 bridgehead atoms. The monoisotopic (exact) mass is 786 g/mol. The van der Waals surface area contributed by atoms with Crippen molar-refractivity contribution in [2.45, 2.75) is 58.5 Å². The predicted octanol–water partition coefficient (Wildman–Crippen LogP) is 11.1. The summed E-state index contributed by atoms with van der Waals surface area (Å²) < 4.78 is 37.8. The maximum absolute atomic E-state index is 10.6. The summed E-state index contributed by atoms with van der Waals surface area (Å²) in [4.78, 5) is 0. The van der Waals surface area contributed by atoms with Gasteiger partial charge in [0.1, 0.15) is 61.6 Å². The highest BCUT2D eigenvalue weighted by Crippen LogP contribution is 2.44. The molecule has 0 aliphatic heterocycles. The normalized spacial score (nSPS) is 10.8. The Kier molecular flexibility index (Phi) is 16.4. The molecule has 59 heavy (non-hydrogen) atoms. The van der Waals surface area contributed by atoms with E-state index in [-0.39, 0.29) is 26.4 Å². The van der Waals surface area contributed by atoms with E-state index in [9.17, 15) is 10.5 Å². The van der Waals surface area contributed by atoms with Crippen LogP contribution in [0.3, 0.4) is 0 Å². The van der Waals surface area contributed by atoms with E-state index in [0.717, 1.165) is 52.8 Å². The van der Waals surface area contributed by atoms with Crippen molar-refractivity contribution in [1.29, 1.82) is 10.5 Å². The zero-order valence-corrected chi connectivity index (χ0v) is 33.6. The highest BCUT2D eigenvalue weighted by Gasteiger charge is 2.27. The van der Waals surface area contributed by atoms with Crippen molar-refractivity contribution >= 4 is 0 Å². The summed E-state index contributed by atoms with van der Waals surface area (Å²) in [6.45, 7) is 5.47. The molecular formula is C51H50N2O6. The first-order chi connectivity index (χ1) is 29.1. The molecule has 0 amide bonds. The lowest BCUT2D eigenvalue weighted by Gasteiger charge is -2.26. The van der Waals surface area contributed by atoms with Gasteiger partial charge in [-0.2, -0.15) is 10.5 Å². The van der Waals surface area contributed by atoms with Crippen LogP contribution in [0.15, 0.2) is 146 Å². The zero-order valence-electron chi connectivity index (χ0n) is 33.6. The molecule has 0 aliphatic rings. The summed E-state index contributed by atoms with van der Waals surface area (Å²) in [6.07, 6.45) is 2.22. The van der Waals surface area contributed by atoms with Crippen LogP contribution < -0.4 is 18.9 Å². The van der Waals surface area contributed by atoms with E-state index < -0.39 is 5.92 Å². The van der Waals surface area contributed by atoms with Gasteiger partial charge in [-0.05, 0) is 53.6 Å². The molecule has 6 aromatic carbocycles. The van der Waals surface area contributed by atoms with E-state index >= 15 is 0 Å². The van der Waals surface area contributed by atoms with Crippen LogP contribution in [0.1, 0.15) is 76.6 Å². The lowest BCUT2D eigenvalue weighted by atomic mass is 9.85. The lowest BCUT2D eigenvalue weighted by molar-refractivity contribution is 0.0808. The summed E-state index contributed by atoms with van der Waals surface area (Å²) in [5, 5.41) is 21.1. The topological polar surface area (TPSA) is 103 Å². The minimum atomic E-state index is -0.437. The molecule has 0 heterocycles. The standard InChI is InChI=1S/C51H50N2O6/c1-2-25-54-26-15-27-55-28-24-45(46-29-43(33-52)48(56-35-39-16-7-3-8-17-39)31-50(46)58-37-41-20-11-5-12-21-41)47-30-44(34-53)49(57-36-40-18-9-4-10-19-40)32-51(47)59-38-42-22-13-6-14-23-42/h3-14,16-23,29-32,45H,2,15,24-28,35-38H2,1H3. The largest absolute Gasteiger partial charge is 0.488 e. The van der Waals surface area contributed by atoms with Gasteiger partial charge in [-0.25, -0.2) is 0 Å². The van der Waals surface area contributed by atoms with Crippen molar-refractivity contribution in [3.05, 3.63) is 190 Å². The molecule has 0 unspecified atom stereocenters. The number of nitrogens with zero attached hydrogens (tertiary/aromatic N) is 2. The van der Waals surface area contributed by atoms with Crippen LogP contribution in [0, 0.1) is 22.7 Å². The average molecular weight is 787 g/mol. The molecule has 8 nitrogen and oxygen atoms in total. The molecular weight excluding hydrogens is 737 g/mol. The van der Waals surface area contributed by atoms with Gasteiger partial charge >= 0.3 is 0 Å². The number of benzene rings is 6. The van der Waals surface area contributed by atoms with Crippen LogP contribution >= 0.6 is 0 Å². The average Bonchev–Trinajstić information content (AvgIpc) is 3.29. The molecule has 300 valence electrons. The van der Waals surface area contributed by atoms with E-state index in [1.807, 2.05) is 146 Å². The van der Waals surface area contributed by atoms with Crippen molar-refractivity contribution in [3.63, 3.8) is 0 Å². The van der Waals surface area contributed by atoms with Crippen LogP contribution in [0.25, 0.3) is 0 Å². The summed E-state index contributed by atoms with van der Waals surface area (Å²) in [6, 6.07) is 51.6. The molecule has 0 saturated heterocycles. The number of ether oxygens (including phenoxy) is 6. The number of nitriles is 2. The Morgan fingerprint density at radius 3 is 1.15 bits per heavy atom. The maximum atomic E-state index is 10.6.